The van der Waals surface area contributed by atoms with Gasteiger partial charge < -0.3 is 20.1 Å². The van der Waals surface area contributed by atoms with E-state index in [4.69, 9.17) is 9.47 Å². The first-order chi connectivity index (χ1) is 16.3. The lowest BCUT2D eigenvalue weighted by Gasteiger charge is -2.26. The van der Waals surface area contributed by atoms with Crippen molar-refractivity contribution in [2.75, 3.05) is 63.4 Å². The summed E-state index contributed by atoms with van der Waals surface area (Å²) in [5, 5.41) is 7.02. The van der Waals surface area contributed by atoms with E-state index in [-0.39, 0.29) is 0 Å². The molecule has 6 nitrogen and oxygen atoms in total. The van der Waals surface area contributed by atoms with Crippen molar-refractivity contribution in [2.45, 2.75) is 44.9 Å². The van der Waals surface area contributed by atoms with Gasteiger partial charge in [-0.1, -0.05) is 12.8 Å². The molecule has 0 aliphatic carbocycles. The first-order valence-corrected chi connectivity index (χ1v) is 12.7. The van der Waals surface area contributed by atoms with Crippen LogP contribution in [0.2, 0.25) is 0 Å². The van der Waals surface area contributed by atoms with Crippen molar-refractivity contribution in [1.29, 1.82) is 0 Å². The molecule has 0 bridgehead atoms. The predicted octanol–water partition coefficient (Wildman–Crippen LogP) is 5.25. The fourth-order valence-electron chi connectivity index (χ4n) is 4.42. The number of piperidine rings is 2. The molecule has 0 spiro atoms. The van der Waals surface area contributed by atoms with Gasteiger partial charge in [0.2, 0.25) is 0 Å². The summed E-state index contributed by atoms with van der Waals surface area (Å²) >= 11 is 0. The number of hydrogen-bond donors (Lipinski definition) is 2. The lowest BCUT2D eigenvalue weighted by molar-refractivity contribution is 0.243. The van der Waals surface area contributed by atoms with Crippen LogP contribution < -0.4 is 20.1 Å². The lowest BCUT2D eigenvalue weighted by Crippen LogP contribution is -2.34. The van der Waals surface area contributed by atoms with Crippen molar-refractivity contribution in [3.05, 3.63) is 48.5 Å². The summed E-state index contributed by atoms with van der Waals surface area (Å²) in [6.45, 7) is 7.96. The van der Waals surface area contributed by atoms with E-state index in [0.717, 1.165) is 42.6 Å². The van der Waals surface area contributed by atoms with E-state index in [0.29, 0.717) is 13.2 Å². The average molecular weight is 453 g/mol. The molecule has 2 heterocycles. The van der Waals surface area contributed by atoms with Crippen LogP contribution >= 0.6 is 0 Å². The molecule has 2 aliphatic heterocycles. The molecule has 4 rings (SSSR count). The monoisotopic (exact) mass is 452 g/mol. The highest BCUT2D eigenvalue weighted by atomic mass is 16.5. The van der Waals surface area contributed by atoms with Crippen molar-refractivity contribution >= 4 is 11.4 Å². The molecule has 0 radical (unpaired) electrons. The van der Waals surface area contributed by atoms with E-state index in [1.165, 1.54) is 64.7 Å². The highest BCUT2D eigenvalue weighted by Crippen LogP contribution is 2.18. The quantitative estimate of drug-likeness (QED) is 0.429. The molecule has 0 saturated carbocycles. The van der Waals surface area contributed by atoms with E-state index >= 15 is 0 Å². The van der Waals surface area contributed by atoms with Crippen molar-refractivity contribution in [3.63, 3.8) is 0 Å². The summed E-state index contributed by atoms with van der Waals surface area (Å²) in [4.78, 5) is 4.96. The number of hydrogen-bond acceptors (Lipinski definition) is 6. The van der Waals surface area contributed by atoms with Crippen LogP contribution in [0.4, 0.5) is 11.4 Å². The van der Waals surface area contributed by atoms with Gasteiger partial charge in [0.05, 0.1) is 26.6 Å². The summed E-state index contributed by atoms with van der Waals surface area (Å²) in [5.74, 6) is 1.81. The molecule has 2 aromatic carbocycles. The van der Waals surface area contributed by atoms with E-state index in [1.807, 2.05) is 24.3 Å². The molecule has 6 heteroatoms. The number of benzene rings is 2. The zero-order valence-electron chi connectivity index (χ0n) is 19.9. The Bertz CT molecular complexity index is 717. The Labute approximate surface area is 199 Å². The van der Waals surface area contributed by atoms with E-state index < -0.39 is 0 Å². The van der Waals surface area contributed by atoms with Crippen LogP contribution in [-0.2, 0) is 0 Å². The minimum Gasteiger partial charge on any atom is -0.493 e. The third-order valence-corrected chi connectivity index (χ3v) is 6.45. The van der Waals surface area contributed by atoms with Gasteiger partial charge in [0.15, 0.2) is 0 Å². The fourth-order valence-corrected chi connectivity index (χ4v) is 4.42. The van der Waals surface area contributed by atoms with Gasteiger partial charge in [-0.15, -0.1) is 0 Å². The Morgan fingerprint density at radius 3 is 1.33 bits per heavy atom. The molecule has 2 aliphatic rings. The standard InChI is InChI=1S/C27H40N4O2/c1-3-16-30(17-4-1)22-28-24-8-12-26(13-9-24)32-20-7-21-33-27-14-10-25(11-15-27)29-23-31-18-5-2-6-19-31/h8-15,28-29H,1-7,16-23H2. The first-order valence-electron chi connectivity index (χ1n) is 12.7. The second-order valence-electron chi connectivity index (χ2n) is 9.13. The molecule has 180 valence electrons. The Hall–Kier alpha value is -2.44. The fraction of sp³-hybridized carbons (Fsp3) is 0.556. The Kier molecular flexibility index (Phi) is 9.56. The summed E-state index contributed by atoms with van der Waals surface area (Å²) in [5.41, 5.74) is 2.29. The molecule has 2 saturated heterocycles. The molecule has 2 aromatic rings. The number of likely N-dealkylation sites (tertiary alicyclic amines) is 2. The van der Waals surface area contributed by atoms with Crippen LogP contribution in [0.5, 0.6) is 11.5 Å². The zero-order valence-corrected chi connectivity index (χ0v) is 19.9. The number of rotatable bonds is 12. The van der Waals surface area contributed by atoms with Crippen LogP contribution in [0.1, 0.15) is 44.9 Å². The molecule has 33 heavy (non-hydrogen) atoms. The minimum atomic E-state index is 0.649. The third-order valence-electron chi connectivity index (χ3n) is 6.45. The molecule has 0 unspecified atom stereocenters. The normalized spacial score (nSPS) is 17.5. The molecule has 2 fully saturated rings. The topological polar surface area (TPSA) is 49.0 Å². The van der Waals surface area contributed by atoms with Gasteiger partial charge in [0, 0.05) is 17.8 Å². The Morgan fingerprint density at radius 1 is 0.545 bits per heavy atom. The van der Waals surface area contributed by atoms with Gasteiger partial charge >= 0.3 is 0 Å². The number of nitrogens with one attached hydrogen (secondary N) is 2. The van der Waals surface area contributed by atoms with Gasteiger partial charge in [-0.2, -0.15) is 0 Å². The van der Waals surface area contributed by atoms with Crippen molar-refractivity contribution in [3.8, 4) is 11.5 Å². The van der Waals surface area contributed by atoms with Crippen LogP contribution in [0, 0.1) is 0 Å². The summed E-state index contributed by atoms with van der Waals surface area (Å²) in [6.07, 6.45) is 8.87. The average Bonchev–Trinajstić information content (AvgIpc) is 2.89. The molecule has 0 aromatic heterocycles. The highest BCUT2D eigenvalue weighted by Gasteiger charge is 2.10. The molecule has 0 atom stereocenters. The van der Waals surface area contributed by atoms with Gasteiger partial charge in [-0.05, 0) is 100 Å². The third kappa shape index (κ3) is 8.45. The molecule has 0 amide bonds. The van der Waals surface area contributed by atoms with E-state index in [2.05, 4.69) is 44.7 Å². The van der Waals surface area contributed by atoms with Crippen LogP contribution in [0.15, 0.2) is 48.5 Å². The summed E-state index contributed by atoms with van der Waals surface area (Å²) in [6, 6.07) is 16.5. The number of anilines is 2. The van der Waals surface area contributed by atoms with Crippen LogP contribution in [0.25, 0.3) is 0 Å². The van der Waals surface area contributed by atoms with E-state index in [9.17, 15) is 0 Å². The zero-order chi connectivity index (χ0) is 22.6. The van der Waals surface area contributed by atoms with Gasteiger partial charge in [0.1, 0.15) is 11.5 Å². The molecular weight excluding hydrogens is 412 g/mol. The summed E-state index contributed by atoms with van der Waals surface area (Å²) < 4.78 is 11.7. The maximum atomic E-state index is 5.87. The van der Waals surface area contributed by atoms with Crippen molar-refractivity contribution in [2.24, 2.45) is 0 Å². The van der Waals surface area contributed by atoms with Crippen LogP contribution in [0.3, 0.4) is 0 Å². The second-order valence-corrected chi connectivity index (χ2v) is 9.13. The highest BCUT2D eigenvalue weighted by molar-refractivity contribution is 5.47. The van der Waals surface area contributed by atoms with E-state index in [1.54, 1.807) is 0 Å². The summed E-state index contributed by atoms with van der Waals surface area (Å²) in [7, 11) is 0. The van der Waals surface area contributed by atoms with Gasteiger partial charge in [0.25, 0.3) is 0 Å². The second kappa shape index (κ2) is 13.3. The van der Waals surface area contributed by atoms with Crippen LogP contribution in [-0.4, -0.2) is 62.5 Å². The SMILES string of the molecule is c1cc(OCCCOc2ccc(NCN3CCCCC3)cc2)ccc1NCN1CCCCC1. The predicted molar refractivity (Wildman–Crippen MR) is 136 cm³/mol. The Morgan fingerprint density at radius 2 is 0.939 bits per heavy atom. The smallest absolute Gasteiger partial charge is 0.119 e. The minimum absolute atomic E-state index is 0.649. The largest absolute Gasteiger partial charge is 0.493 e. The van der Waals surface area contributed by atoms with Gasteiger partial charge in [-0.3, -0.25) is 9.80 Å². The molecule has 2 N–H and O–H groups in total. The van der Waals surface area contributed by atoms with Crippen molar-refractivity contribution < 1.29 is 9.47 Å². The maximum Gasteiger partial charge on any atom is 0.119 e. The number of ether oxygens (including phenoxy) is 2. The first kappa shape index (κ1) is 23.7. The van der Waals surface area contributed by atoms with Crippen molar-refractivity contribution in [1.82, 2.24) is 9.80 Å². The lowest BCUT2D eigenvalue weighted by atomic mass is 10.1. The number of nitrogens with zero attached hydrogens (tertiary/aromatic N) is 2. The molecular formula is C27H40N4O2. The Balaban J connectivity index is 1.06. The van der Waals surface area contributed by atoms with Gasteiger partial charge in [-0.25, -0.2) is 0 Å². The maximum absolute atomic E-state index is 5.87.